The number of cyclic esters (lactones) is 1. The molecule has 0 radical (unpaired) electrons. The van der Waals surface area contributed by atoms with Crippen molar-refractivity contribution in [3.8, 4) is 5.75 Å². The topological polar surface area (TPSA) is 94.8 Å². The van der Waals surface area contributed by atoms with Gasteiger partial charge in [-0.2, -0.15) is 0 Å². The number of hydrogen-bond acceptors (Lipinski definition) is 6. The average molecular weight is 265 g/mol. The molecule has 0 spiro atoms. The molecule has 0 saturated carbocycles. The van der Waals surface area contributed by atoms with Crippen molar-refractivity contribution in [1.82, 2.24) is 9.88 Å². The second-order valence-corrected chi connectivity index (χ2v) is 4.04. The largest absolute Gasteiger partial charge is 0.490 e. The van der Waals surface area contributed by atoms with Crippen LogP contribution in [0, 0.1) is 0 Å². The van der Waals surface area contributed by atoms with Gasteiger partial charge in [0.05, 0.1) is 6.61 Å². The highest BCUT2D eigenvalue weighted by molar-refractivity contribution is 5.97. The maximum atomic E-state index is 11.2. The number of anilines is 1. The van der Waals surface area contributed by atoms with Crippen molar-refractivity contribution in [3.63, 3.8) is 0 Å². The summed E-state index contributed by atoms with van der Waals surface area (Å²) in [5, 5.41) is 0. The number of pyridine rings is 1. The summed E-state index contributed by atoms with van der Waals surface area (Å²) in [6, 6.07) is 3.48. The average Bonchev–Trinajstić information content (AvgIpc) is 2.72. The summed E-state index contributed by atoms with van der Waals surface area (Å²) >= 11 is 0. The minimum atomic E-state index is -0.567. The maximum absolute atomic E-state index is 11.2. The van der Waals surface area contributed by atoms with Crippen LogP contribution in [0.5, 0.6) is 5.75 Å². The monoisotopic (exact) mass is 265 g/mol. The molecule has 2 rings (SSSR count). The molecule has 0 atom stereocenters. The van der Waals surface area contributed by atoms with Crippen molar-refractivity contribution < 1.29 is 19.1 Å². The van der Waals surface area contributed by atoms with E-state index in [0.29, 0.717) is 37.6 Å². The van der Waals surface area contributed by atoms with Crippen LogP contribution in [0.4, 0.5) is 10.6 Å². The number of carbonyl (C=O) groups excluding carboxylic acids is 2. The summed E-state index contributed by atoms with van der Waals surface area (Å²) in [5.41, 5.74) is 5.62. The van der Waals surface area contributed by atoms with Gasteiger partial charge < -0.3 is 15.2 Å². The molecule has 2 N–H and O–H groups in total. The van der Waals surface area contributed by atoms with E-state index in [1.54, 1.807) is 18.3 Å². The van der Waals surface area contributed by atoms with Gasteiger partial charge in [-0.1, -0.05) is 0 Å². The highest BCUT2D eigenvalue weighted by Crippen LogP contribution is 2.17. The van der Waals surface area contributed by atoms with Crippen molar-refractivity contribution in [2.75, 3.05) is 25.5 Å². The molecule has 1 aliphatic rings. The van der Waals surface area contributed by atoms with E-state index < -0.39 is 6.09 Å². The molecule has 102 valence electrons. The van der Waals surface area contributed by atoms with Crippen LogP contribution in [0.2, 0.25) is 0 Å². The third-order valence-corrected chi connectivity index (χ3v) is 2.67. The van der Waals surface area contributed by atoms with Gasteiger partial charge in [-0.05, 0) is 25.0 Å². The lowest BCUT2D eigenvalue weighted by Gasteiger charge is -2.11. The summed E-state index contributed by atoms with van der Waals surface area (Å²) < 4.78 is 10.0. The first-order valence-electron chi connectivity index (χ1n) is 5.99. The minimum Gasteiger partial charge on any atom is -0.490 e. The molecule has 0 aromatic carbocycles. The third kappa shape index (κ3) is 3.34. The molecule has 0 bridgehead atoms. The summed E-state index contributed by atoms with van der Waals surface area (Å²) in [5.74, 6) is 0.599. The Hall–Kier alpha value is -2.31. The van der Waals surface area contributed by atoms with Gasteiger partial charge in [0, 0.05) is 12.7 Å². The highest BCUT2D eigenvalue weighted by Gasteiger charge is 2.29. The normalized spacial score (nSPS) is 14.6. The van der Waals surface area contributed by atoms with Gasteiger partial charge in [0.15, 0.2) is 18.2 Å². The molecule has 0 unspecified atom stereocenters. The molecular weight excluding hydrogens is 250 g/mol. The van der Waals surface area contributed by atoms with Gasteiger partial charge in [-0.3, -0.25) is 4.79 Å². The summed E-state index contributed by atoms with van der Waals surface area (Å²) in [6.07, 6.45) is 2.38. The van der Waals surface area contributed by atoms with Crippen molar-refractivity contribution in [3.05, 3.63) is 18.3 Å². The number of nitrogen functional groups attached to an aromatic ring is 1. The predicted molar refractivity (Wildman–Crippen MR) is 66.4 cm³/mol. The van der Waals surface area contributed by atoms with Crippen LogP contribution < -0.4 is 10.5 Å². The van der Waals surface area contributed by atoms with Crippen LogP contribution in [0.1, 0.15) is 12.8 Å². The lowest BCUT2D eigenvalue weighted by Crippen LogP contribution is -2.30. The van der Waals surface area contributed by atoms with Crippen LogP contribution in [0.3, 0.4) is 0 Å². The van der Waals surface area contributed by atoms with Crippen LogP contribution in [-0.4, -0.2) is 41.6 Å². The molecule has 2 amide bonds. The van der Waals surface area contributed by atoms with Crippen LogP contribution in [0.25, 0.3) is 0 Å². The number of amides is 2. The molecule has 7 heteroatoms. The molecule has 19 heavy (non-hydrogen) atoms. The summed E-state index contributed by atoms with van der Waals surface area (Å²) in [7, 11) is 0. The van der Waals surface area contributed by atoms with E-state index in [2.05, 4.69) is 9.72 Å². The first kappa shape index (κ1) is 13.1. The van der Waals surface area contributed by atoms with Gasteiger partial charge in [-0.15, -0.1) is 0 Å². The van der Waals surface area contributed by atoms with Crippen LogP contribution in [-0.2, 0) is 9.53 Å². The third-order valence-electron chi connectivity index (χ3n) is 2.67. The number of hydrogen-bond donors (Lipinski definition) is 1. The van der Waals surface area contributed by atoms with E-state index >= 15 is 0 Å². The Morgan fingerprint density at radius 3 is 2.95 bits per heavy atom. The Morgan fingerprint density at radius 1 is 1.42 bits per heavy atom. The second kappa shape index (κ2) is 6.03. The van der Waals surface area contributed by atoms with E-state index in [-0.39, 0.29) is 12.5 Å². The highest BCUT2D eigenvalue weighted by atomic mass is 16.6. The standard InChI is InChI=1S/C12H15N3O4/c13-11-9(4-3-5-14-11)18-7-2-1-6-15-10(16)8-19-12(15)17/h3-5H,1-2,6-8H2,(H2,13,14). The van der Waals surface area contributed by atoms with E-state index in [0.717, 1.165) is 4.90 Å². The first-order chi connectivity index (χ1) is 9.18. The fraction of sp³-hybridized carbons (Fsp3) is 0.417. The fourth-order valence-electron chi connectivity index (χ4n) is 1.68. The van der Waals surface area contributed by atoms with Crippen LogP contribution >= 0.6 is 0 Å². The molecule has 2 heterocycles. The zero-order chi connectivity index (χ0) is 13.7. The van der Waals surface area contributed by atoms with Crippen LogP contribution in [0.15, 0.2) is 18.3 Å². The van der Waals surface area contributed by atoms with Gasteiger partial charge >= 0.3 is 6.09 Å². The van der Waals surface area contributed by atoms with Gasteiger partial charge in [0.1, 0.15) is 0 Å². The zero-order valence-corrected chi connectivity index (χ0v) is 10.4. The molecule has 7 nitrogen and oxygen atoms in total. The fourth-order valence-corrected chi connectivity index (χ4v) is 1.68. The Kier molecular flexibility index (Phi) is 4.17. The number of unbranched alkanes of at least 4 members (excludes halogenated alkanes) is 1. The second-order valence-electron chi connectivity index (χ2n) is 4.04. The van der Waals surface area contributed by atoms with E-state index in [1.807, 2.05) is 0 Å². The smallest absolute Gasteiger partial charge is 0.417 e. The number of carbonyl (C=O) groups is 2. The van der Waals surface area contributed by atoms with Gasteiger partial charge in [-0.25, -0.2) is 14.7 Å². The van der Waals surface area contributed by atoms with Crippen molar-refractivity contribution in [1.29, 1.82) is 0 Å². The molecule has 0 aliphatic carbocycles. The van der Waals surface area contributed by atoms with E-state index in [4.69, 9.17) is 10.5 Å². The molecule has 1 aromatic heterocycles. The van der Waals surface area contributed by atoms with E-state index in [9.17, 15) is 9.59 Å². The molecule has 1 saturated heterocycles. The number of rotatable bonds is 6. The van der Waals surface area contributed by atoms with Crippen molar-refractivity contribution in [2.45, 2.75) is 12.8 Å². The molecular formula is C12H15N3O4. The van der Waals surface area contributed by atoms with Crippen molar-refractivity contribution in [2.24, 2.45) is 0 Å². The zero-order valence-electron chi connectivity index (χ0n) is 10.4. The lowest BCUT2D eigenvalue weighted by atomic mass is 10.3. The molecule has 1 aliphatic heterocycles. The number of nitrogens with two attached hydrogens (primary N) is 1. The van der Waals surface area contributed by atoms with Gasteiger partial charge in [0.25, 0.3) is 5.91 Å². The Labute approximate surface area is 110 Å². The lowest BCUT2D eigenvalue weighted by molar-refractivity contribution is -0.125. The van der Waals surface area contributed by atoms with E-state index in [1.165, 1.54) is 0 Å². The number of nitrogens with zero attached hydrogens (tertiary/aromatic N) is 2. The maximum Gasteiger partial charge on any atom is 0.417 e. The number of ether oxygens (including phenoxy) is 2. The predicted octanol–water partition coefficient (Wildman–Crippen LogP) is 0.802. The Bertz CT molecular complexity index is 462. The first-order valence-corrected chi connectivity index (χ1v) is 5.99. The minimum absolute atomic E-state index is 0.151. The van der Waals surface area contributed by atoms with Gasteiger partial charge in [0.2, 0.25) is 0 Å². The summed E-state index contributed by atoms with van der Waals surface area (Å²) in [6.45, 7) is 0.651. The number of imide groups is 1. The Morgan fingerprint density at radius 2 is 2.26 bits per heavy atom. The van der Waals surface area contributed by atoms with Crippen molar-refractivity contribution >= 4 is 17.8 Å². The summed E-state index contributed by atoms with van der Waals surface area (Å²) in [4.78, 5) is 27.4. The SMILES string of the molecule is Nc1ncccc1OCCCCN1C(=O)COC1=O. The molecule has 1 aromatic rings. The number of aromatic nitrogens is 1. The molecule has 1 fully saturated rings. The Balaban J connectivity index is 1.66. The quantitative estimate of drug-likeness (QED) is 0.764.